The van der Waals surface area contributed by atoms with E-state index in [2.05, 4.69) is 30.5 Å². The number of para-hydroxylation sites is 1. The van der Waals surface area contributed by atoms with Gasteiger partial charge in [0.05, 0.1) is 16.9 Å². The van der Waals surface area contributed by atoms with Crippen molar-refractivity contribution in [2.45, 2.75) is 43.5 Å². The average Bonchev–Trinajstić information content (AvgIpc) is 3.29. The molecule has 1 aromatic carbocycles. The molecule has 1 unspecified atom stereocenters. The number of aromatic amines is 1. The smallest absolute Gasteiger partial charge is 0.451 e. The van der Waals surface area contributed by atoms with Gasteiger partial charge in [-0.05, 0) is 25.3 Å². The Hall–Kier alpha value is -2.89. The SMILES string of the molecule is O=C(OC1(CN2CCNCC2)CCC[C@@H](Nc2ncc(Cl)c(-c3c[nH]c4ccccc34)n2)C1)C(F)(F)F. The molecule has 37 heavy (non-hydrogen) atoms. The lowest BCUT2D eigenvalue weighted by molar-refractivity contribution is -0.218. The lowest BCUT2D eigenvalue weighted by Gasteiger charge is -2.44. The van der Waals surface area contributed by atoms with E-state index >= 15 is 0 Å². The lowest BCUT2D eigenvalue weighted by Crippen LogP contribution is -2.56. The summed E-state index contributed by atoms with van der Waals surface area (Å²) < 4.78 is 44.8. The number of alkyl halides is 3. The number of fused-ring (bicyclic) bond motifs is 1. The number of anilines is 1. The van der Waals surface area contributed by atoms with Gasteiger partial charge >= 0.3 is 12.1 Å². The van der Waals surface area contributed by atoms with Crippen LogP contribution in [0.25, 0.3) is 22.2 Å². The van der Waals surface area contributed by atoms with Crippen molar-refractivity contribution in [1.82, 2.24) is 25.2 Å². The number of nitrogens with zero attached hydrogens (tertiary/aromatic N) is 3. The van der Waals surface area contributed by atoms with Crippen LogP contribution in [-0.4, -0.2) is 76.4 Å². The minimum atomic E-state index is -5.05. The number of benzene rings is 1. The molecule has 3 aromatic rings. The van der Waals surface area contributed by atoms with Crippen molar-refractivity contribution < 1.29 is 22.7 Å². The van der Waals surface area contributed by atoms with Crippen molar-refractivity contribution in [3.63, 3.8) is 0 Å². The molecule has 1 aliphatic heterocycles. The van der Waals surface area contributed by atoms with Crippen molar-refractivity contribution in [3.05, 3.63) is 41.7 Å². The van der Waals surface area contributed by atoms with Crippen LogP contribution in [0.15, 0.2) is 36.7 Å². The number of carbonyl (C=O) groups excluding carboxylic acids is 1. The molecule has 3 heterocycles. The van der Waals surface area contributed by atoms with Crippen molar-refractivity contribution in [3.8, 4) is 11.3 Å². The van der Waals surface area contributed by atoms with Gasteiger partial charge in [-0.1, -0.05) is 29.8 Å². The number of carbonyl (C=O) groups is 1. The molecule has 8 nitrogen and oxygen atoms in total. The van der Waals surface area contributed by atoms with Crippen LogP contribution < -0.4 is 10.6 Å². The normalized spacial score (nSPS) is 23.2. The van der Waals surface area contributed by atoms with E-state index in [4.69, 9.17) is 16.3 Å². The first-order valence-electron chi connectivity index (χ1n) is 12.3. The average molecular weight is 537 g/mol. The molecule has 0 spiro atoms. The molecule has 2 atom stereocenters. The number of piperazine rings is 1. The third kappa shape index (κ3) is 5.83. The summed E-state index contributed by atoms with van der Waals surface area (Å²) in [5.41, 5.74) is 1.05. The molecule has 0 radical (unpaired) electrons. The van der Waals surface area contributed by atoms with Crippen molar-refractivity contribution in [2.24, 2.45) is 0 Å². The Labute approximate surface area is 216 Å². The number of rotatable bonds is 6. The standard InChI is InChI=1S/C25H28ClF3N6O2/c26-19-14-32-23(34-21(19)18-13-31-20-6-2-1-5-17(18)20)33-16-4-3-7-24(12-16,37-22(36)25(27,28)29)15-35-10-8-30-9-11-35/h1-2,5-6,13-14,16,30-31H,3-4,7-12,15H2,(H,32,33,34)/t16-,24?/m1/s1. The van der Waals surface area contributed by atoms with E-state index in [0.29, 0.717) is 49.0 Å². The molecule has 1 aliphatic carbocycles. The summed E-state index contributed by atoms with van der Waals surface area (Å²) in [5, 5.41) is 7.84. The van der Waals surface area contributed by atoms with Gasteiger partial charge in [0.1, 0.15) is 5.60 Å². The van der Waals surface area contributed by atoms with Crippen molar-refractivity contribution in [2.75, 3.05) is 38.0 Å². The summed E-state index contributed by atoms with van der Waals surface area (Å²) in [5.74, 6) is -1.83. The van der Waals surface area contributed by atoms with Crippen molar-refractivity contribution in [1.29, 1.82) is 0 Å². The Kier molecular flexibility index (Phi) is 7.28. The molecule has 2 aromatic heterocycles. The first-order chi connectivity index (χ1) is 17.7. The molecule has 3 N–H and O–H groups in total. The first-order valence-corrected chi connectivity index (χ1v) is 12.7. The summed E-state index contributed by atoms with van der Waals surface area (Å²) in [4.78, 5) is 26.1. The number of halogens is 4. The number of nitrogens with one attached hydrogen (secondary N) is 3. The van der Waals surface area contributed by atoms with Crippen LogP contribution in [-0.2, 0) is 9.53 Å². The largest absolute Gasteiger partial charge is 0.490 e. The fourth-order valence-corrected chi connectivity index (χ4v) is 5.52. The van der Waals surface area contributed by atoms with Crippen LogP contribution in [0.5, 0.6) is 0 Å². The number of hydrogen-bond donors (Lipinski definition) is 3. The van der Waals surface area contributed by atoms with Crippen LogP contribution in [0.2, 0.25) is 5.02 Å². The molecule has 2 aliphatic rings. The summed E-state index contributed by atoms with van der Waals surface area (Å²) in [6.45, 7) is 3.08. The van der Waals surface area contributed by atoms with Crippen LogP contribution in [0.4, 0.5) is 19.1 Å². The Bertz CT molecular complexity index is 1260. The second-order valence-corrected chi connectivity index (χ2v) is 10.1. The number of aromatic nitrogens is 3. The van der Waals surface area contributed by atoms with Gasteiger partial charge in [-0.25, -0.2) is 14.8 Å². The molecule has 5 rings (SSSR count). The van der Waals surface area contributed by atoms with Gasteiger partial charge < -0.3 is 20.4 Å². The summed E-state index contributed by atoms with van der Waals surface area (Å²) >= 11 is 6.44. The Morgan fingerprint density at radius 1 is 1.27 bits per heavy atom. The van der Waals surface area contributed by atoms with Crippen LogP contribution in [0, 0.1) is 0 Å². The van der Waals surface area contributed by atoms with Gasteiger partial charge in [-0.15, -0.1) is 0 Å². The molecule has 1 saturated heterocycles. The second kappa shape index (κ2) is 10.5. The van der Waals surface area contributed by atoms with E-state index < -0.39 is 17.7 Å². The molecule has 0 amide bonds. The summed E-state index contributed by atoms with van der Waals surface area (Å²) in [6, 6.07) is 7.49. The minimum absolute atomic E-state index is 0.215. The number of esters is 1. The maximum absolute atomic E-state index is 13.2. The lowest BCUT2D eigenvalue weighted by atomic mass is 9.81. The fraction of sp³-hybridized carbons (Fsp3) is 0.480. The van der Waals surface area contributed by atoms with E-state index in [-0.39, 0.29) is 19.0 Å². The third-order valence-electron chi connectivity index (χ3n) is 6.99. The van der Waals surface area contributed by atoms with E-state index in [9.17, 15) is 18.0 Å². The zero-order valence-corrected chi connectivity index (χ0v) is 20.8. The molecular weight excluding hydrogens is 509 g/mol. The van der Waals surface area contributed by atoms with Gasteiger partial charge in [0.2, 0.25) is 5.95 Å². The quantitative estimate of drug-likeness (QED) is 0.402. The van der Waals surface area contributed by atoms with Gasteiger partial charge in [0, 0.05) is 67.8 Å². The van der Waals surface area contributed by atoms with Gasteiger partial charge in [0.15, 0.2) is 0 Å². The zero-order valence-electron chi connectivity index (χ0n) is 20.1. The molecule has 2 fully saturated rings. The van der Waals surface area contributed by atoms with E-state index in [1.165, 1.54) is 6.20 Å². The highest BCUT2D eigenvalue weighted by atomic mass is 35.5. The van der Waals surface area contributed by atoms with Crippen LogP contribution in [0.3, 0.4) is 0 Å². The Morgan fingerprint density at radius 2 is 2.05 bits per heavy atom. The van der Waals surface area contributed by atoms with Crippen LogP contribution in [0.1, 0.15) is 25.7 Å². The number of H-pyrrole nitrogens is 1. The molecular formula is C25H28ClF3N6O2. The maximum Gasteiger partial charge on any atom is 0.490 e. The van der Waals surface area contributed by atoms with Crippen LogP contribution >= 0.6 is 11.6 Å². The maximum atomic E-state index is 13.2. The highest BCUT2D eigenvalue weighted by Gasteiger charge is 2.49. The van der Waals surface area contributed by atoms with E-state index in [1.807, 2.05) is 30.5 Å². The predicted octanol–water partition coefficient (Wildman–Crippen LogP) is 4.38. The minimum Gasteiger partial charge on any atom is -0.451 e. The molecule has 12 heteroatoms. The van der Waals surface area contributed by atoms with E-state index in [1.54, 1.807) is 0 Å². The van der Waals surface area contributed by atoms with Gasteiger partial charge in [-0.3, -0.25) is 4.90 Å². The monoisotopic (exact) mass is 536 g/mol. The number of hydrogen-bond acceptors (Lipinski definition) is 7. The third-order valence-corrected chi connectivity index (χ3v) is 7.26. The topological polar surface area (TPSA) is 95.2 Å². The van der Waals surface area contributed by atoms with Crippen molar-refractivity contribution >= 4 is 34.4 Å². The Morgan fingerprint density at radius 3 is 2.84 bits per heavy atom. The zero-order chi connectivity index (χ0) is 26.0. The molecule has 0 bridgehead atoms. The summed E-state index contributed by atoms with van der Waals surface area (Å²) in [6.07, 6.45) is 0.141. The second-order valence-electron chi connectivity index (χ2n) is 9.67. The fourth-order valence-electron chi connectivity index (χ4n) is 5.32. The van der Waals surface area contributed by atoms with Gasteiger partial charge in [-0.2, -0.15) is 13.2 Å². The van der Waals surface area contributed by atoms with E-state index in [0.717, 1.165) is 29.6 Å². The molecule has 1 saturated carbocycles. The first kappa shape index (κ1) is 25.7. The Balaban J connectivity index is 1.37. The molecule has 198 valence electrons. The highest BCUT2D eigenvalue weighted by molar-refractivity contribution is 6.33. The number of ether oxygens (including phenoxy) is 1. The summed E-state index contributed by atoms with van der Waals surface area (Å²) in [7, 11) is 0. The van der Waals surface area contributed by atoms with Gasteiger partial charge in [0.25, 0.3) is 0 Å². The highest BCUT2D eigenvalue weighted by Crippen LogP contribution is 2.37. The predicted molar refractivity (Wildman–Crippen MR) is 134 cm³/mol.